The quantitative estimate of drug-likeness (QED) is 0.461. The minimum atomic E-state index is -3.77. The van der Waals surface area contributed by atoms with E-state index in [4.69, 9.17) is 9.56 Å². The van der Waals surface area contributed by atoms with E-state index in [1.54, 1.807) is 18.3 Å². The van der Waals surface area contributed by atoms with Crippen molar-refractivity contribution in [2.24, 2.45) is 15.4 Å². The van der Waals surface area contributed by atoms with Crippen LogP contribution in [-0.4, -0.2) is 23.5 Å². The lowest BCUT2D eigenvalue weighted by molar-refractivity contribution is 0.459. The second-order valence-electron chi connectivity index (χ2n) is 5.69. The van der Waals surface area contributed by atoms with Gasteiger partial charge in [0.05, 0.1) is 22.3 Å². The molecule has 4 rings (SSSR count). The molecule has 4 aromatic rings. The first-order valence-electron chi connectivity index (χ1n) is 7.70. The molecule has 0 unspecified atom stereocenters. The van der Waals surface area contributed by atoms with Crippen LogP contribution in [0.4, 0.5) is 11.4 Å². The van der Waals surface area contributed by atoms with Gasteiger partial charge in [0.2, 0.25) is 15.9 Å². The normalized spacial score (nSPS) is 12.2. The van der Waals surface area contributed by atoms with Crippen LogP contribution in [0.2, 0.25) is 0 Å². The summed E-state index contributed by atoms with van der Waals surface area (Å²) in [6.45, 7) is 0. The van der Waals surface area contributed by atoms with E-state index in [9.17, 15) is 13.5 Å². The lowest BCUT2D eigenvalue weighted by Gasteiger charge is -1.98. The van der Waals surface area contributed by atoms with Crippen LogP contribution < -0.4 is 5.14 Å². The number of rotatable bonds is 4. The molecule has 0 amide bonds. The monoisotopic (exact) mass is 383 g/mol. The van der Waals surface area contributed by atoms with Gasteiger partial charge in [-0.2, -0.15) is 5.11 Å². The number of aromatic hydroxyl groups is 1. The smallest absolute Gasteiger partial charge is 0.238 e. The fourth-order valence-corrected chi connectivity index (χ4v) is 3.10. The highest BCUT2D eigenvalue weighted by Gasteiger charge is 2.13. The molecule has 0 atom stereocenters. The number of aromatic nitrogens is 2. The molecule has 0 bridgehead atoms. The number of sulfonamides is 1. The maximum atomic E-state index is 11.3. The highest BCUT2D eigenvalue weighted by Crippen LogP contribution is 2.38. The van der Waals surface area contributed by atoms with Crippen molar-refractivity contribution in [1.29, 1.82) is 0 Å². The largest absolute Gasteiger partial charge is 0.493 e. The summed E-state index contributed by atoms with van der Waals surface area (Å²) in [4.78, 5) is 6.69. The Bertz CT molecular complexity index is 1240. The molecule has 4 N–H and O–H groups in total. The van der Waals surface area contributed by atoms with Crippen LogP contribution in [0.5, 0.6) is 5.88 Å². The van der Waals surface area contributed by atoms with Gasteiger partial charge in [0.1, 0.15) is 0 Å². The molecule has 0 aliphatic heterocycles. The van der Waals surface area contributed by atoms with Crippen LogP contribution >= 0.6 is 0 Å². The molecule has 2 heterocycles. The number of benzene rings is 2. The van der Waals surface area contributed by atoms with Crippen LogP contribution in [0.15, 0.2) is 74.6 Å². The lowest BCUT2D eigenvalue weighted by Crippen LogP contribution is -2.11. The number of oxazole rings is 1. The molecule has 0 spiro atoms. The Morgan fingerprint density at radius 2 is 1.89 bits per heavy atom. The Kier molecular flexibility index (Phi) is 3.98. The predicted molar refractivity (Wildman–Crippen MR) is 97.5 cm³/mol. The van der Waals surface area contributed by atoms with Gasteiger partial charge in [-0.05, 0) is 42.5 Å². The second-order valence-corrected chi connectivity index (χ2v) is 7.25. The summed E-state index contributed by atoms with van der Waals surface area (Å²) in [6.07, 6.45) is 2.92. The van der Waals surface area contributed by atoms with Crippen LogP contribution in [0.1, 0.15) is 0 Å². The first-order valence-corrected chi connectivity index (χ1v) is 9.24. The maximum Gasteiger partial charge on any atom is 0.238 e. The summed E-state index contributed by atoms with van der Waals surface area (Å²) >= 11 is 0. The first-order chi connectivity index (χ1) is 12.9. The molecule has 27 heavy (non-hydrogen) atoms. The van der Waals surface area contributed by atoms with Gasteiger partial charge >= 0.3 is 0 Å². The Morgan fingerprint density at radius 3 is 2.56 bits per heavy atom. The van der Waals surface area contributed by atoms with Crippen molar-refractivity contribution >= 4 is 32.3 Å². The number of fused-ring (bicyclic) bond motifs is 1. The average Bonchev–Trinajstić information content (AvgIpc) is 3.26. The summed E-state index contributed by atoms with van der Waals surface area (Å²) in [5.41, 5.74) is 2.10. The highest BCUT2D eigenvalue weighted by atomic mass is 32.2. The van der Waals surface area contributed by atoms with Crippen LogP contribution in [0, 0.1) is 0 Å². The van der Waals surface area contributed by atoms with E-state index in [-0.39, 0.29) is 16.5 Å². The molecule has 10 heteroatoms. The number of aromatic amines is 1. The molecule has 0 fully saturated rings. The van der Waals surface area contributed by atoms with Gasteiger partial charge in [0.15, 0.2) is 17.8 Å². The van der Waals surface area contributed by atoms with Crippen molar-refractivity contribution in [3.05, 3.63) is 55.1 Å². The maximum absolute atomic E-state index is 11.3. The summed E-state index contributed by atoms with van der Waals surface area (Å²) in [5.74, 6) is 0.448. The molecular formula is C17H13N5O4S. The Balaban J connectivity index is 1.71. The van der Waals surface area contributed by atoms with E-state index in [2.05, 4.69) is 20.2 Å². The van der Waals surface area contributed by atoms with Gasteiger partial charge in [0.25, 0.3) is 0 Å². The number of hydrogen-bond acceptors (Lipinski definition) is 7. The second kappa shape index (κ2) is 6.34. The van der Waals surface area contributed by atoms with Gasteiger partial charge in [-0.15, -0.1) is 5.11 Å². The fourth-order valence-electron chi connectivity index (χ4n) is 2.59. The van der Waals surface area contributed by atoms with E-state index in [0.29, 0.717) is 22.4 Å². The third-order valence-electron chi connectivity index (χ3n) is 3.90. The number of nitrogens with zero attached hydrogens (tertiary/aromatic N) is 3. The van der Waals surface area contributed by atoms with Crippen molar-refractivity contribution in [2.45, 2.75) is 4.90 Å². The van der Waals surface area contributed by atoms with E-state index in [0.717, 1.165) is 5.56 Å². The lowest BCUT2D eigenvalue weighted by atomic mass is 10.1. The number of nitrogens with one attached hydrogen (secondary N) is 1. The third-order valence-corrected chi connectivity index (χ3v) is 4.83. The zero-order chi connectivity index (χ0) is 19.0. The zero-order valence-electron chi connectivity index (χ0n) is 13.7. The van der Waals surface area contributed by atoms with Crippen molar-refractivity contribution < 1.29 is 17.9 Å². The molecular weight excluding hydrogens is 370 g/mol. The molecule has 0 aliphatic carbocycles. The first kappa shape index (κ1) is 16.9. The zero-order valence-corrected chi connectivity index (χ0v) is 14.5. The summed E-state index contributed by atoms with van der Waals surface area (Å²) in [7, 11) is -3.77. The minimum absolute atomic E-state index is 0.0203. The van der Waals surface area contributed by atoms with Crippen LogP contribution in [0.3, 0.4) is 0 Å². The standard InChI is InChI=1S/C17H13N5O4S/c18-27(24,25)12-4-2-11(3-5-12)21-22-16-13-7-10(15-8-19-9-26-15)1-6-14(13)20-17(16)23/h1-9,20,23H,(H2,18,24,25). The van der Waals surface area contributed by atoms with Crippen molar-refractivity contribution in [3.8, 4) is 17.2 Å². The van der Waals surface area contributed by atoms with E-state index < -0.39 is 10.0 Å². The number of hydrogen-bond donors (Lipinski definition) is 3. The molecule has 9 nitrogen and oxygen atoms in total. The Hall–Kier alpha value is -3.50. The Labute approximate surface area is 153 Å². The van der Waals surface area contributed by atoms with Crippen molar-refractivity contribution in [3.63, 3.8) is 0 Å². The molecule has 0 aliphatic rings. The van der Waals surface area contributed by atoms with Gasteiger partial charge in [-0.25, -0.2) is 18.5 Å². The van der Waals surface area contributed by atoms with Gasteiger partial charge in [0, 0.05) is 10.9 Å². The molecule has 136 valence electrons. The summed E-state index contributed by atoms with van der Waals surface area (Å²) in [5, 5.41) is 24.0. The minimum Gasteiger partial charge on any atom is -0.493 e. The molecule has 0 saturated carbocycles. The average molecular weight is 383 g/mol. The molecule has 0 saturated heterocycles. The fraction of sp³-hybridized carbons (Fsp3) is 0. The van der Waals surface area contributed by atoms with E-state index in [1.807, 2.05) is 6.07 Å². The SMILES string of the molecule is NS(=O)(=O)c1ccc(N=Nc2c(O)[nH]c3ccc(-c4cnco4)cc23)cc1. The number of primary sulfonamides is 1. The van der Waals surface area contributed by atoms with Crippen molar-refractivity contribution in [2.75, 3.05) is 0 Å². The van der Waals surface area contributed by atoms with Crippen LogP contribution in [0.25, 0.3) is 22.2 Å². The van der Waals surface area contributed by atoms with E-state index in [1.165, 1.54) is 30.7 Å². The van der Waals surface area contributed by atoms with Gasteiger partial charge < -0.3 is 14.5 Å². The number of H-pyrrole nitrogens is 1. The van der Waals surface area contributed by atoms with Gasteiger partial charge in [-0.1, -0.05) is 0 Å². The van der Waals surface area contributed by atoms with Crippen LogP contribution in [-0.2, 0) is 10.0 Å². The van der Waals surface area contributed by atoms with Gasteiger partial charge in [-0.3, -0.25) is 0 Å². The summed E-state index contributed by atoms with van der Waals surface area (Å²) in [6, 6.07) is 11.0. The Morgan fingerprint density at radius 1 is 1.11 bits per heavy atom. The molecule has 0 radical (unpaired) electrons. The number of azo groups is 1. The predicted octanol–water partition coefficient (Wildman–Crippen LogP) is 3.59. The summed E-state index contributed by atoms with van der Waals surface area (Å²) < 4.78 is 27.9. The third kappa shape index (κ3) is 3.30. The van der Waals surface area contributed by atoms with E-state index >= 15 is 0 Å². The highest BCUT2D eigenvalue weighted by molar-refractivity contribution is 7.89. The number of nitrogens with two attached hydrogens (primary N) is 1. The molecule has 2 aromatic heterocycles. The molecule has 2 aromatic carbocycles. The van der Waals surface area contributed by atoms with Crippen molar-refractivity contribution in [1.82, 2.24) is 9.97 Å². The topological polar surface area (TPSA) is 147 Å².